The van der Waals surface area contributed by atoms with E-state index in [9.17, 15) is 10.1 Å². The van der Waals surface area contributed by atoms with Gasteiger partial charge in [0.05, 0.1) is 16.5 Å². The van der Waals surface area contributed by atoms with Crippen molar-refractivity contribution in [3.05, 3.63) is 39.0 Å². The van der Waals surface area contributed by atoms with Gasteiger partial charge in [-0.25, -0.2) is 4.98 Å². The predicted molar refractivity (Wildman–Crippen MR) is 90.3 cm³/mol. The van der Waals surface area contributed by atoms with E-state index in [-0.39, 0.29) is 11.8 Å². The van der Waals surface area contributed by atoms with Crippen LogP contribution < -0.4 is 5.32 Å². The Bertz CT molecular complexity index is 676. The summed E-state index contributed by atoms with van der Waals surface area (Å²) in [6, 6.07) is 5.53. The van der Waals surface area contributed by atoms with Gasteiger partial charge in [0.1, 0.15) is 11.9 Å². The number of pyridine rings is 1. The molecule has 1 aromatic carbocycles. The van der Waals surface area contributed by atoms with Crippen LogP contribution in [0, 0.1) is 10.1 Å². The van der Waals surface area contributed by atoms with E-state index in [1.165, 1.54) is 6.20 Å². The first-order valence-corrected chi connectivity index (χ1v) is 7.86. The third-order valence-corrected chi connectivity index (χ3v) is 3.57. The molecule has 22 heavy (non-hydrogen) atoms. The van der Waals surface area contributed by atoms with Crippen molar-refractivity contribution in [3.8, 4) is 0 Å². The van der Waals surface area contributed by atoms with Crippen molar-refractivity contribution < 1.29 is 9.66 Å². The van der Waals surface area contributed by atoms with Crippen molar-refractivity contribution in [3.63, 3.8) is 0 Å². The van der Waals surface area contributed by atoms with Crippen LogP contribution in [0.1, 0.15) is 20.3 Å². The third kappa shape index (κ3) is 4.14. The molecule has 0 unspecified atom stereocenters. The van der Waals surface area contributed by atoms with Crippen molar-refractivity contribution in [2.75, 3.05) is 18.5 Å². The number of anilines is 1. The van der Waals surface area contributed by atoms with Crippen molar-refractivity contribution in [2.24, 2.45) is 0 Å². The summed E-state index contributed by atoms with van der Waals surface area (Å²) < 4.78 is 6.33. The van der Waals surface area contributed by atoms with Crippen LogP contribution in [0.5, 0.6) is 0 Å². The Balaban J connectivity index is 2.22. The number of fused-ring (bicyclic) bond motifs is 1. The number of halogens is 1. The lowest BCUT2D eigenvalue weighted by atomic mass is 10.1. The molecule has 0 aliphatic carbocycles. The molecule has 6 nitrogen and oxygen atoms in total. The molecule has 0 saturated carbocycles. The number of nitrogens with zero attached hydrogens (tertiary/aromatic N) is 2. The SMILES string of the molecule is CC(C)OCCCNc1c([N+](=O)[O-])cnc2ccc(Br)cc12. The average Bonchev–Trinajstić information content (AvgIpc) is 2.46. The molecule has 1 N–H and O–H groups in total. The van der Waals surface area contributed by atoms with E-state index in [1.54, 1.807) is 0 Å². The number of hydrogen-bond donors (Lipinski definition) is 1. The van der Waals surface area contributed by atoms with Crippen LogP contribution in [0.25, 0.3) is 10.9 Å². The summed E-state index contributed by atoms with van der Waals surface area (Å²) in [7, 11) is 0. The zero-order valence-corrected chi connectivity index (χ0v) is 14.1. The smallest absolute Gasteiger partial charge is 0.311 e. The van der Waals surface area contributed by atoms with Crippen molar-refractivity contribution in [1.82, 2.24) is 4.98 Å². The fourth-order valence-electron chi connectivity index (χ4n) is 2.08. The average molecular weight is 368 g/mol. The number of hydrogen-bond acceptors (Lipinski definition) is 5. The monoisotopic (exact) mass is 367 g/mol. The van der Waals surface area contributed by atoms with Crippen molar-refractivity contribution in [2.45, 2.75) is 26.4 Å². The van der Waals surface area contributed by atoms with Gasteiger partial charge in [-0.05, 0) is 38.5 Å². The maximum Gasteiger partial charge on any atom is 0.311 e. The van der Waals surface area contributed by atoms with Gasteiger partial charge in [0.15, 0.2) is 0 Å². The summed E-state index contributed by atoms with van der Waals surface area (Å²) >= 11 is 3.39. The van der Waals surface area contributed by atoms with E-state index in [0.717, 1.165) is 21.8 Å². The number of nitrogens with one attached hydrogen (secondary N) is 1. The summed E-state index contributed by atoms with van der Waals surface area (Å²) in [6.07, 6.45) is 2.25. The Morgan fingerprint density at radius 2 is 2.23 bits per heavy atom. The maximum absolute atomic E-state index is 11.2. The second kappa shape index (κ2) is 7.51. The molecule has 118 valence electrons. The quantitative estimate of drug-likeness (QED) is 0.452. The van der Waals surface area contributed by atoms with E-state index in [2.05, 4.69) is 26.2 Å². The largest absolute Gasteiger partial charge is 0.379 e. The second-order valence-electron chi connectivity index (χ2n) is 5.14. The van der Waals surface area contributed by atoms with E-state index >= 15 is 0 Å². The summed E-state index contributed by atoms with van der Waals surface area (Å²) in [5.41, 5.74) is 1.20. The van der Waals surface area contributed by atoms with Gasteiger partial charge in [0.2, 0.25) is 0 Å². The highest BCUT2D eigenvalue weighted by molar-refractivity contribution is 9.10. The van der Waals surface area contributed by atoms with E-state index in [0.29, 0.717) is 18.8 Å². The highest BCUT2D eigenvalue weighted by Gasteiger charge is 2.17. The minimum Gasteiger partial charge on any atom is -0.379 e. The molecular weight excluding hydrogens is 350 g/mol. The van der Waals surface area contributed by atoms with Crippen molar-refractivity contribution >= 4 is 38.2 Å². The van der Waals surface area contributed by atoms with Crippen LogP contribution in [0.2, 0.25) is 0 Å². The molecule has 0 fully saturated rings. The molecule has 0 aliphatic rings. The fourth-order valence-corrected chi connectivity index (χ4v) is 2.44. The molecule has 0 saturated heterocycles. The molecule has 1 aromatic heterocycles. The van der Waals surface area contributed by atoms with Crippen LogP contribution in [-0.2, 0) is 4.74 Å². The van der Waals surface area contributed by atoms with E-state index < -0.39 is 4.92 Å². The van der Waals surface area contributed by atoms with Gasteiger partial charge in [-0.15, -0.1) is 0 Å². The minimum atomic E-state index is -0.416. The van der Waals surface area contributed by atoms with Crippen LogP contribution in [0.3, 0.4) is 0 Å². The number of rotatable bonds is 7. The summed E-state index contributed by atoms with van der Waals surface area (Å²) in [5, 5.41) is 15.1. The van der Waals surface area contributed by atoms with E-state index in [1.807, 2.05) is 32.0 Å². The van der Waals surface area contributed by atoms with Crippen LogP contribution in [0.15, 0.2) is 28.9 Å². The molecule has 0 radical (unpaired) electrons. The minimum absolute atomic E-state index is 0.0182. The lowest BCUT2D eigenvalue weighted by molar-refractivity contribution is -0.384. The standard InChI is InChI=1S/C15H18BrN3O3/c1-10(2)22-7-3-6-17-15-12-8-11(16)4-5-13(12)18-9-14(15)19(20)21/h4-5,8-10H,3,6-7H2,1-2H3,(H,17,18). The molecular formula is C15H18BrN3O3. The highest BCUT2D eigenvalue weighted by Crippen LogP contribution is 2.33. The second-order valence-corrected chi connectivity index (χ2v) is 6.05. The van der Waals surface area contributed by atoms with Gasteiger partial charge in [0, 0.05) is 23.0 Å². The first kappa shape index (κ1) is 16.6. The lowest BCUT2D eigenvalue weighted by Gasteiger charge is -2.11. The van der Waals surface area contributed by atoms with Gasteiger partial charge in [-0.3, -0.25) is 10.1 Å². The van der Waals surface area contributed by atoms with Crippen LogP contribution in [-0.4, -0.2) is 29.2 Å². The first-order valence-electron chi connectivity index (χ1n) is 7.07. The number of ether oxygens (including phenoxy) is 1. The third-order valence-electron chi connectivity index (χ3n) is 3.08. The molecule has 0 atom stereocenters. The summed E-state index contributed by atoms with van der Waals surface area (Å²) in [5.74, 6) is 0. The Labute approximate surface area is 137 Å². The topological polar surface area (TPSA) is 77.3 Å². The normalized spacial score (nSPS) is 11.1. The van der Waals surface area contributed by atoms with Gasteiger partial charge < -0.3 is 10.1 Å². The summed E-state index contributed by atoms with van der Waals surface area (Å²) in [6.45, 7) is 5.17. The number of benzene rings is 1. The Kier molecular flexibility index (Phi) is 5.68. The lowest BCUT2D eigenvalue weighted by Crippen LogP contribution is -2.10. The molecule has 0 bridgehead atoms. The molecule has 0 aliphatic heterocycles. The Morgan fingerprint density at radius 3 is 2.91 bits per heavy atom. The zero-order chi connectivity index (χ0) is 16.1. The van der Waals surface area contributed by atoms with Gasteiger partial charge in [-0.2, -0.15) is 0 Å². The van der Waals surface area contributed by atoms with Crippen molar-refractivity contribution in [1.29, 1.82) is 0 Å². The van der Waals surface area contributed by atoms with Gasteiger partial charge in [-0.1, -0.05) is 15.9 Å². The Morgan fingerprint density at radius 1 is 1.45 bits per heavy atom. The first-order chi connectivity index (χ1) is 10.5. The van der Waals surface area contributed by atoms with Crippen LogP contribution in [0.4, 0.5) is 11.4 Å². The molecule has 0 spiro atoms. The number of aromatic nitrogens is 1. The van der Waals surface area contributed by atoms with Crippen LogP contribution >= 0.6 is 15.9 Å². The molecule has 0 amide bonds. The molecule has 7 heteroatoms. The van der Waals surface area contributed by atoms with Gasteiger partial charge in [0.25, 0.3) is 0 Å². The molecule has 2 aromatic rings. The van der Waals surface area contributed by atoms with Gasteiger partial charge >= 0.3 is 5.69 Å². The highest BCUT2D eigenvalue weighted by atomic mass is 79.9. The molecule has 1 heterocycles. The maximum atomic E-state index is 11.2. The predicted octanol–water partition coefficient (Wildman–Crippen LogP) is 4.13. The van der Waals surface area contributed by atoms with E-state index in [4.69, 9.17) is 4.74 Å². The zero-order valence-electron chi connectivity index (χ0n) is 12.5. The summed E-state index contributed by atoms with van der Waals surface area (Å²) in [4.78, 5) is 14.9. The number of nitro groups is 1. The molecule has 2 rings (SSSR count). The Hall–Kier alpha value is -1.73. The fraction of sp³-hybridized carbons (Fsp3) is 0.400.